The lowest BCUT2D eigenvalue weighted by atomic mass is 10.1. The van der Waals surface area contributed by atoms with E-state index < -0.39 is 17.7 Å². The Morgan fingerprint density at radius 2 is 1.86 bits per heavy atom. The number of hydrogen-bond donors (Lipinski definition) is 0. The Bertz CT molecular complexity index is 916. The average molecular weight is 403 g/mol. The number of piperazine rings is 1. The van der Waals surface area contributed by atoms with Crippen LogP contribution in [0, 0.1) is 0 Å². The van der Waals surface area contributed by atoms with Crippen molar-refractivity contribution >= 4 is 29.4 Å². The number of likely N-dealkylation sites (N-methyl/N-ethyl adjacent to an activating group) is 1. The van der Waals surface area contributed by atoms with Gasteiger partial charge in [-0.25, -0.2) is 19.7 Å². The molecule has 1 fully saturated rings. The topological polar surface area (TPSA) is 91.8 Å². The molecule has 28 heavy (non-hydrogen) atoms. The number of fused-ring (bicyclic) bond motifs is 1. The minimum atomic E-state index is -1.47. The van der Waals surface area contributed by atoms with Gasteiger partial charge >= 0.3 is 6.09 Å². The number of nitrogens with zero attached hydrogens (tertiary/aromatic N) is 6. The number of aromatic nitrogens is 3. The number of hydrogen-bond acceptors (Lipinski definition) is 7. The van der Waals surface area contributed by atoms with Crippen LogP contribution in [-0.4, -0.2) is 70.0 Å². The number of carbonyl (C=O) groups excluding carboxylic acids is 2. The van der Waals surface area contributed by atoms with Crippen LogP contribution in [0.25, 0.3) is 0 Å². The summed E-state index contributed by atoms with van der Waals surface area (Å²) in [6.07, 6.45) is 3.81. The van der Waals surface area contributed by atoms with Crippen molar-refractivity contribution in [3.63, 3.8) is 0 Å². The first kappa shape index (κ1) is 18.6. The summed E-state index contributed by atoms with van der Waals surface area (Å²) < 4.78 is 5.87. The Morgan fingerprint density at radius 1 is 1.14 bits per heavy atom. The standard InChI is InChI=1S/C18H19ClN6O3/c1-18(28-17(27)24-9-7-23(2)8-10-24)15-14(20-5-6-21-15)16(26)25(18)13-4-3-12(19)11-22-13/h3-6,11H,7-10H2,1-2H3/t18-/m0/s1. The molecule has 0 aliphatic carbocycles. The molecule has 2 amide bonds. The zero-order chi connectivity index (χ0) is 19.9. The quantitative estimate of drug-likeness (QED) is 0.755. The van der Waals surface area contributed by atoms with Gasteiger partial charge in [-0.05, 0) is 19.2 Å². The van der Waals surface area contributed by atoms with Crippen LogP contribution in [0.3, 0.4) is 0 Å². The molecular weight excluding hydrogens is 384 g/mol. The Hall–Kier alpha value is -2.78. The summed E-state index contributed by atoms with van der Waals surface area (Å²) in [5, 5.41) is 0.431. The third-order valence-corrected chi connectivity index (χ3v) is 5.18. The highest BCUT2D eigenvalue weighted by molar-refractivity contribution is 6.30. The maximum atomic E-state index is 13.0. The largest absolute Gasteiger partial charge is 0.416 e. The van der Waals surface area contributed by atoms with Crippen LogP contribution in [0.4, 0.5) is 10.6 Å². The molecule has 2 aliphatic rings. The van der Waals surface area contributed by atoms with E-state index in [1.807, 2.05) is 7.05 Å². The van der Waals surface area contributed by atoms with Gasteiger partial charge < -0.3 is 14.5 Å². The molecule has 2 aromatic rings. The highest BCUT2D eigenvalue weighted by Crippen LogP contribution is 2.41. The Kier molecular flexibility index (Phi) is 4.64. The van der Waals surface area contributed by atoms with Crippen LogP contribution in [0.1, 0.15) is 23.1 Å². The Labute approximate surface area is 166 Å². The van der Waals surface area contributed by atoms with E-state index in [9.17, 15) is 9.59 Å². The molecule has 10 heteroatoms. The van der Waals surface area contributed by atoms with Crippen molar-refractivity contribution in [1.82, 2.24) is 24.8 Å². The van der Waals surface area contributed by atoms with Crippen molar-refractivity contribution in [2.45, 2.75) is 12.6 Å². The average Bonchev–Trinajstić information content (AvgIpc) is 2.91. The molecule has 9 nitrogen and oxygen atoms in total. The zero-order valence-electron chi connectivity index (χ0n) is 15.5. The predicted octanol–water partition coefficient (Wildman–Crippen LogP) is 1.74. The lowest BCUT2D eigenvalue weighted by Crippen LogP contribution is -2.52. The second-order valence-corrected chi connectivity index (χ2v) is 7.31. The summed E-state index contributed by atoms with van der Waals surface area (Å²) in [6.45, 7) is 4.22. The van der Waals surface area contributed by atoms with Crippen LogP contribution in [0.2, 0.25) is 5.02 Å². The van der Waals surface area contributed by atoms with Crippen molar-refractivity contribution in [1.29, 1.82) is 0 Å². The predicted molar refractivity (Wildman–Crippen MR) is 101 cm³/mol. The van der Waals surface area contributed by atoms with E-state index in [0.29, 0.717) is 23.9 Å². The van der Waals surface area contributed by atoms with Crippen molar-refractivity contribution < 1.29 is 14.3 Å². The second kappa shape index (κ2) is 6.99. The molecule has 0 aromatic carbocycles. The van der Waals surface area contributed by atoms with E-state index in [2.05, 4.69) is 19.9 Å². The number of ether oxygens (including phenoxy) is 1. The number of halogens is 1. The van der Waals surface area contributed by atoms with Gasteiger partial charge in [-0.1, -0.05) is 11.6 Å². The normalized spacial score (nSPS) is 22.3. The van der Waals surface area contributed by atoms with Crippen LogP contribution >= 0.6 is 11.6 Å². The van der Waals surface area contributed by atoms with E-state index >= 15 is 0 Å². The molecule has 0 unspecified atom stereocenters. The van der Waals surface area contributed by atoms with E-state index in [1.54, 1.807) is 24.0 Å². The number of amides is 2. The molecule has 146 valence electrons. The van der Waals surface area contributed by atoms with Crippen molar-refractivity contribution in [2.75, 3.05) is 38.1 Å². The molecule has 1 saturated heterocycles. The molecule has 0 saturated carbocycles. The fraction of sp³-hybridized carbons (Fsp3) is 0.389. The monoisotopic (exact) mass is 402 g/mol. The molecular formula is C18H19ClN6O3. The molecule has 4 rings (SSSR count). The summed E-state index contributed by atoms with van der Waals surface area (Å²) >= 11 is 5.93. The summed E-state index contributed by atoms with van der Waals surface area (Å²) in [6, 6.07) is 3.21. The van der Waals surface area contributed by atoms with Gasteiger partial charge in [0.2, 0.25) is 5.72 Å². The lowest BCUT2D eigenvalue weighted by molar-refractivity contribution is -0.00573. The van der Waals surface area contributed by atoms with Crippen LogP contribution in [-0.2, 0) is 10.5 Å². The van der Waals surface area contributed by atoms with Gasteiger partial charge in [-0.15, -0.1) is 0 Å². The molecule has 0 N–H and O–H groups in total. The number of pyridine rings is 1. The lowest BCUT2D eigenvalue weighted by Gasteiger charge is -2.37. The summed E-state index contributed by atoms with van der Waals surface area (Å²) in [7, 11) is 2.00. The van der Waals surface area contributed by atoms with Crippen LogP contribution in [0.5, 0.6) is 0 Å². The maximum absolute atomic E-state index is 13.0. The Morgan fingerprint density at radius 3 is 2.54 bits per heavy atom. The van der Waals surface area contributed by atoms with Crippen molar-refractivity contribution in [3.05, 3.63) is 47.1 Å². The third kappa shape index (κ3) is 3.06. The van der Waals surface area contributed by atoms with E-state index in [0.717, 1.165) is 13.1 Å². The Balaban J connectivity index is 1.70. The van der Waals surface area contributed by atoms with Gasteiger partial charge in [-0.2, -0.15) is 0 Å². The third-order valence-electron chi connectivity index (χ3n) is 4.96. The highest BCUT2D eigenvalue weighted by atomic mass is 35.5. The minimum absolute atomic E-state index is 0.132. The highest BCUT2D eigenvalue weighted by Gasteiger charge is 2.54. The second-order valence-electron chi connectivity index (χ2n) is 6.87. The van der Waals surface area contributed by atoms with Gasteiger partial charge in [0.05, 0.1) is 5.02 Å². The van der Waals surface area contributed by atoms with E-state index in [1.165, 1.54) is 23.5 Å². The van der Waals surface area contributed by atoms with Gasteiger partial charge in [0.25, 0.3) is 5.91 Å². The molecule has 1 atom stereocenters. The molecule has 0 spiro atoms. The first-order valence-corrected chi connectivity index (χ1v) is 9.22. The molecule has 4 heterocycles. The molecule has 2 aromatic heterocycles. The molecule has 0 radical (unpaired) electrons. The fourth-order valence-corrected chi connectivity index (χ4v) is 3.49. The van der Waals surface area contributed by atoms with Gasteiger partial charge in [0.15, 0.2) is 5.69 Å². The molecule has 0 bridgehead atoms. The minimum Gasteiger partial charge on any atom is -0.416 e. The summed E-state index contributed by atoms with van der Waals surface area (Å²) in [5.41, 5.74) is -1.06. The fourth-order valence-electron chi connectivity index (χ4n) is 3.38. The van der Waals surface area contributed by atoms with Gasteiger partial charge in [0, 0.05) is 51.7 Å². The SMILES string of the molecule is CN1CCN(C(=O)O[C@@]2(C)c3nccnc3C(=O)N2c2ccc(Cl)cn2)CC1. The van der Waals surface area contributed by atoms with Gasteiger partial charge in [0.1, 0.15) is 11.5 Å². The van der Waals surface area contributed by atoms with Crippen LogP contribution in [0.15, 0.2) is 30.7 Å². The van der Waals surface area contributed by atoms with E-state index in [4.69, 9.17) is 16.3 Å². The van der Waals surface area contributed by atoms with E-state index in [-0.39, 0.29) is 11.4 Å². The van der Waals surface area contributed by atoms with Crippen molar-refractivity contribution in [3.8, 4) is 0 Å². The number of rotatable bonds is 2. The smallest absolute Gasteiger partial charge is 0.412 e. The first-order valence-electron chi connectivity index (χ1n) is 8.84. The van der Waals surface area contributed by atoms with Crippen molar-refractivity contribution in [2.24, 2.45) is 0 Å². The first-order chi connectivity index (χ1) is 13.4. The summed E-state index contributed by atoms with van der Waals surface area (Å²) in [5.74, 6) is -0.144. The van der Waals surface area contributed by atoms with Gasteiger partial charge in [-0.3, -0.25) is 9.78 Å². The molecule has 2 aliphatic heterocycles. The zero-order valence-corrected chi connectivity index (χ0v) is 16.3. The number of carbonyl (C=O) groups is 2. The summed E-state index contributed by atoms with van der Waals surface area (Å²) in [4.78, 5) is 43.6. The number of anilines is 1. The van der Waals surface area contributed by atoms with Crippen LogP contribution < -0.4 is 4.90 Å². The maximum Gasteiger partial charge on any atom is 0.412 e.